The van der Waals surface area contributed by atoms with E-state index in [1.165, 1.54) is 20.8 Å². The number of ether oxygens (including phenoxy) is 1. The first-order chi connectivity index (χ1) is 4.95. The fourth-order valence-corrected chi connectivity index (χ4v) is 0.466. The molecule has 0 bridgehead atoms. The highest BCUT2D eigenvalue weighted by Gasteiger charge is 2.05. The van der Waals surface area contributed by atoms with Crippen LogP contribution < -0.4 is 5.73 Å². The van der Waals surface area contributed by atoms with E-state index in [4.69, 9.17) is 5.73 Å². The molecule has 0 saturated carbocycles. The van der Waals surface area contributed by atoms with Crippen LogP contribution in [0.5, 0.6) is 0 Å². The van der Waals surface area contributed by atoms with Gasteiger partial charge in [-0.3, -0.25) is 9.59 Å². The van der Waals surface area contributed by atoms with Crippen molar-refractivity contribution in [3.63, 3.8) is 0 Å². The maximum absolute atomic E-state index is 10.5. The zero-order valence-corrected chi connectivity index (χ0v) is 6.80. The van der Waals surface area contributed by atoms with E-state index in [0.29, 0.717) is 0 Å². The quantitative estimate of drug-likeness (QED) is 0.356. The number of carbonyl (C=O) groups is 2. The number of rotatable bonds is 2. The number of allylic oxidation sites excluding steroid dienone is 1. The molecule has 0 atom stereocenters. The van der Waals surface area contributed by atoms with E-state index in [1.807, 2.05) is 0 Å². The van der Waals surface area contributed by atoms with Crippen LogP contribution in [0, 0.1) is 0 Å². The molecule has 0 fully saturated rings. The first kappa shape index (κ1) is 9.68. The van der Waals surface area contributed by atoms with Crippen LogP contribution in [0.3, 0.4) is 0 Å². The Morgan fingerprint density at radius 2 is 1.64 bits per heavy atom. The summed E-state index contributed by atoms with van der Waals surface area (Å²) in [7, 11) is 0. The van der Waals surface area contributed by atoms with Crippen molar-refractivity contribution in [2.75, 3.05) is 0 Å². The number of nitrogens with two attached hydrogens (primary N) is 1. The molecule has 0 spiro atoms. The summed E-state index contributed by atoms with van der Waals surface area (Å²) in [6, 6.07) is 0. The van der Waals surface area contributed by atoms with Crippen molar-refractivity contribution in [3.05, 3.63) is 11.3 Å². The fourth-order valence-electron chi connectivity index (χ4n) is 0.466. The van der Waals surface area contributed by atoms with Crippen molar-refractivity contribution in [1.82, 2.24) is 0 Å². The predicted octanol–water partition coefficient (Wildman–Crippen LogP) is 0.329. The molecule has 11 heavy (non-hydrogen) atoms. The first-order valence-corrected chi connectivity index (χ1v) is 3.11. The van der Waals surface area contributed by atoms with E-state index in [2.05, 4.69) is 4.74 Å². The number of amides is 1. The lowest BCUT2D eigenvalue weighted by atomic mass is 10.2. The smallest absolute Gasteiger partial charge is 0.307 e. The van der Waals surface area contributed by atoms with Crippen LogP contribution in [0.1, 0.15) is 20.8 Å². The van der Waals surface area contributed by atoms with Gasteiger partial charge in [0.1, 0.15) is 5.76 Å². The molecule has 0 aromatic heterocycles. The highest BCUT2D eigenvalue weighted by molar-refractivity contribution is 5.92. The fraction of sp³-hybridized carbons (Fsp3) is 0.429. The van der Waals surface area contributed by atoms with Gasteiger partial charge in [0.05, 0.1) is 5.57 Å². The molecule has 0 aliphatic heterocycles. The first-order valence-electron chi connectivity index (χ1n) is 3.11. The van der Waals surface area contributed by atoms with Gasteiger partial charge in [0.2, 0.25) is 5.91 Å². The van der Waals surface area contributed by atoms with Crippen molar-refractivity contribution in [1.29, 1.82) is 0 Å². The number of hydrogen-bond acceptors (Lipinski definition) is 3. The van der Waals surface area contributed by atoms with E-state index in [9.17, 15) is 9.59 Å². The Labute approximate surface area is 65.0 Å². The average molecular weight is 157 g/mol. The third-order valence-electron chi connectivity index (χ3n) is 1.19. The van der Waals surface area contributed by atoms with Gasteiger partial charge in [0.15, 0.2) is 0 Å². The molecule has 0 unspecified atom stereocenters. The van der Waals surface area contributed by atoms with Crippen molar-refractivity contribution in [2.45, 2.75) is 20.8 Å². The molecule has 0 aliphatic rings. The summed E-state index contributed by atoms with van der Waals surface area (Å²) in [5.41, 5.74) is 5.19. The molecular weight excluding hydrogens is 146 g/mol. The van der Waals surface area contributed by atoms with Crippen LogP contribution in [0.15, 0.2) is 11.3 Å². The van der Waals surface area contributed by atoms with Gasteiger partial charge in [-0.25, -0.2) is 0 Å². The zero-order chi connectivity index (χ0) is 9.02. The minimum absolute atomic E-state index is 0.255. The topological polar surface area (TPSA) is 69.4 Å². The Morgan fingerprint density at radius 3 is 1.91 bits per heavy atom. The highest BCUT2D eigenvalue weighted by atomic mass is 16.5. The minimum Gasteiger partial charge on any atom is -0.431 e. The van der Waals surface area contributed by atoms with Gasteiger partial charge in [0.25, 0.3) is 0 Å². The van der Waals surface area contributed by atoms with Crippen molar-refractivity contribution >= 4 is 11.9 Å². The highest BCUT2D eigenvalue weighted by Crippen LogP contribution is 2.03. The molecule has 62 valence electrons. The van der Waals surface area contributed by atoms with Crippen LogP contribution in [-0.4, -0.2) is 11.9 Å². The van der Waals surface area contributed by atoms with Gasteiger partial charge in [-0.15, -0.1) is 0 Å². The molecule has 0 rings (SSSR count). The summed E-state index contributed by atoms with van der Waals surface area (Å²) < 4.78 is 4.61. The van der Waals surface area contributed by atoms with Gasteiger partial charge in [-0.05, 0) is 13.8 Å². The monoisotopic (exact) mass is 157 g/mol. The minimum atomic E-state index is -0.580. The third-order valence-corrected chi connectivity index (χ3v) is 1.19. The molecule has 0 aromatic rings. The van der Waals surface area contributed by atoms with E-state index in [0.717, 1.165) is 0 Å². The van der Waals surface area contributed by atoms with Crippen molar-refractivity contribution < 1.29 is 14.3 Å². The van der Waals surface area contributed by atoms with E-state index in [1.54, 1.807) is 0 Å². The molecule has 0 heterocycles. The Balaban J connectivity index is 4.40. The number of esters is 1. The standard InChI is InChI=1S/C7H11NO3/c1-4(7(8)10)5(2)11-6(3)9/h1-3H3,(H2,8,10)/b5-4+. The largest absolute Gasteiger partial charge is 0.431 e. The van der Waals surface area contributed by atoms with Gasteiger partial charge in [-0.1, -0.05) is 0 Å². The number of primary amides is 1. The summed E-state index contributed by atoms with van der Waals surface area (Å²) in [5.74, 6) is -0.781. The molecule has 0 aliphatic carbocycles. The lowest BCUT2D eigenvalue weighted by molar-refractivity contribution is -0.136. The Morgan fingerprint density at radius 1 is 1.18 bits per heavy atom. The molecule has 0 aromatic carbocycles. The maximum atomic E-state index is 10.5. The Kier molecular flexibility index (Phi) is 3.30. The Hall–Kier alpha value is -1.32. The Bertz CT molecular complexity index is 218. The van der Waals surface area contributed by atoms with Crippen LogP contribution in [0.25, 0.3) is 0 Å². The third kappa shape index (κ3) is 3.40. The second-order valence-corrected chi connectivity index (χ2v) is 2.14. The van der Waals surface area contributed by atoms with Gasteiger partial charge in [0, 0.05) is 6.92 Å². The van der Waals surface area contributed by atoms with Gasteiger partial charge < -0.3 is 10.5 Å². The number of carbonyl (C=O) groups excluding carboxylic acids is 2. The predicted molar refractivity (Wildman–Crippen MR) is 39.3 cm³/mol. The van der Waals surface area contributed by atoms with Crippen LogP contribution in [-0.2, 0) is 14.3 Å². The van der Waals surface area contributed by atoms with Crippen molar-refractivity contribution in [2.24, 2.45) is 5.73 Å². The second-order valence-electron chi connectivity index (χ2n) is 2.14. The lowest BCUT2D eigenvalue weighted by Gasteiger charge is -2.02. The summed E-state index contributed by atoms with van der Waals surface area (Å²) >= 11 is 0. The SMILES string of the molecule is CC(=O)O/C(C)=C(\C)C(N)=O. The average Bonchev–Trinajstić information content (AvgIpc) is 1.84. The lowest BCUT2D eigenvalue weighted by Crippen LogP contribution is -2.14. The molecule has 1 amide bonds. The second kappa shape index (κ2) is 3.75. The molecule has 4 nitrogen and oxygen atoms in total. The van der Waals surface area contributed by atoms with E-state index >= 15 is 0 Å². The maximum Gasteiger partial charge on any atom is 0.307 e. The van der Waals surface area contributed by atoms with Crippen LogP contribution >= 0.6 is 0 Å². The summed E-state index contributed by atoms with van der Waals surface area (Å²) in [6.45, 7) is 4.28. The zero-order valence-electron chi connectivity index (χ0n) is 6.80. The summed E-state index contributed by atoms with van der Waals surface area (Å²) in [6.07, 6.45) is 0. The van der Waals surface area contributed by atoms with Crippen LogP contribution in [0.4, 0.5) is 0 Å². The van der Waals surface area contributed by atoms with Crippen molar-refractivity contribution in [3.8, 4) is 0 Å². The van der Waals surface area contributed by atoms with Gasteiger partial charge >= 0.3 is 5.97 Å². The molecule has 0 radical (unpaired) electrons. The summed E-state index contributed by atoms with van der Waals surface area (Å²) in [5, 5.41) is 0. The molecule has 0 saturated heterocycles. The van der Waals surface area contributed by atoms with E-state index in [-0.39, 0.29) is 11.3 Å². The molecule has 4 heteroatoms. The molecule has 2 N–H and O–H groups in total. The number of hydrogen-bond donors (Lipinski definition) is 1. The van der Waals surface area contributed by atoms with Gasteiger partial charge in [-0.2, -0.15) is 0 Å². The molecular formula is C7H11NO3. The normalized spacial score (nSPS) is 11.9. The summed E-state index contributed by atoms with van der Waals surface area (Å²) in [4.78, 5) is 20.9. The van der Waals surface area contributed by atoms with E-state index < -0.39 is 11.9 Å². The van der Waals surface area contributed by atoms with Crippen LogP contribution in [0.2, 0.25) is 0 Å².